The maximum atomic E-state index is 11.8. The standard InChI is InChI=1S/C15H18ClNO3/c1-10-6-13(4-5-14(10)16)20-9-15(19)17-12-3-2-11(7-12)8-18/h2-6,11-12,18H,7-9H2,1H3,(H,17,19)/t11-,12+/m0/s1. The molecule has 1 aromatic carbocycles. The van der Waals surface area contributed by atoms with Gasteiger partial charge in [-0.1, -0.05) is 23.8 Å². The molecule has 0 bridgehead atoms. The lowest BCUT2D eigenvalue weighted by Gasteiger charge is -2.13. The second-order valence-electron chi connectivity index (χ2n) is 4.94. The first-order valence-corrected chi connectivity index (χ1v) is 6.94. The Hall–Kier alpha value is -1.52. The third-order valence-corrected chi connectivity index (χ3v) is 3.68. The highest BCUT2D eigenvalue weighted by atomic mass is 35.5. The van der Waals surface area contributed by atoms with Gasteiger partial charge in [-0.2, -0.15) is 0 Å². The van der Waals surface area contributed by atoms with E-state index in [1.54, 1.807) is 18.2 Å². The molecule has 2 N–H and O–H groups in total. The van der Waals surface area contributed by atoms with Crippen LogP contribution in [0, 0.1) is 12.8 Å². The van der Waals surface area contributed by atoms with Crippen LogP contribution in [0.4, 0.5) is 0 Å². The van der Waals surface area contributed by atoms with E-state index >= 15 is 0 Å². The third-order valence-electron chi connectivity index (χ3n) is 3.25. The Morgan fingerprint density at radius 1 is 1.50 bits per heavy atom. The SMILES string of the molecule is Cc1cc(OCC(=O)N[C@@H]2C=C[C@H](CO)C2)ccc1Cl. The van der Waals surface area contributed by atoms with E-state index in [9.17, 15) is 4.79 Å². The van der Waals surface area contributed by atoms with E-state index in [0.717, 1.165) is 12.0 Å². The summed E-state index contributed by atoms with van der Waals surface area (Å²) in [5.74, 6) is 0.586. The Bertz CT molecular complexity index is 516. The molecule has 1 aliphatic carbocycles. The Morgan fingerprint density at radius 2 is 2.30 bits per heavy atom. The van der Waals surface area contributed by atoms with E-state index < -0.39 is 0 Å². The lowest BCUT2D eigenvalue weighted by molar-refractivity contribution is -0.123. The number of hydrogen-bond donors (Lipinski definition) is 2. The Kier molecular flexibility index (Phi) is 5.04. The molecule has 20 heavy (non-hydrogen) atoms. The first kappa shape index (κ1) is 14.9. The number of halogens is 1. The van der Waals surface area contributed by atoms with Crippen molar-refractivity contribution in [3.05, 3.63) is 40.9 Å². The van der Waals surface area contributed by atoms with Gasteiger partial charge >= 0.3 is 0 Å². The summed E-state index contributed by atoms with van der Waals surface area (Å²) in [5.41, 5.74) is 0.911. The van der Waals surface area contributed by atoms with Crippen molar-refractivity contribution in [2.75, 3.05) is 13.2 Å². The van der Waals surface area contributed by atoms with Crippen LogP contribution in [-0.2, 0) is 4.79 Å². The first-order chi connectivity index (χ1) is 9.58. The number of amides is 1. The van der Waals surface area contributed by atoms with Gasteiger partial charge in [0.2, 0.25) is 0 Å². The summed E-state index contributed by atoms with van der Waals surface area (Å²) in [4.78, 5) is 11.8. The second kappa shape index (κ2) is 6.77. The highest BCUT2D eigenvalue weighted by Gasteiger charge is 2.19. The van der Waals surface area contributed by atoms with E-state index in [4.69, 9.17) is 21.4 Å². The fourth-order valence-electron chi connectivity index (χ4n) is 2.12. The van der Waals surface area contributed by atoms with Crippen LogP contribution >= 0.6 is 11.6 Å². The predicted molar refractivity (Wildman–Crippen MR) is 77.9 cm³/mol. The van der Waals surface area contributed by atoms with Gasteiger partial charge in [0.1, 0.15) is 5.75 Å². The maximum absolute atomic E-state index is 11.8. The van der Waals surface area contributed by atoms with Crippen LogP contribution in [0.25, 0.3) is 0 Å². The van der Waals surface area contributed by atoms with Gasteiger partial charge in [0.15, 0.2) is 6.61 Å². The summed E-state index contributed by atoms with van der Waals surface area (Å²) in [6.45, 7) is 1.96. The first-order valence-electron chi connectivity index (χ1n) is 6.56. The summed E-state index contributed by atoms with van der Waals surface area (Å²) in [5, 5.41) is 12.5. The fourth-order valence-corrected chi connectivity index (χ4v) is 2.24. The molecular formula is C15H18ClNO3. The van der Waals surface area contributed by atoms with Crippen molar-refractivity contribution in [1.29, 1.82) is 0 Å². The Morgan fingerprint density at radius 3 is 2.95 bits per heavy atom. The van der Waals surface area contributed by atoms with Crippen LogP contribution in [-0.4, -0.2) is 30.3 Å². The van der Waals surface area contributed by atoms with Crippen LogP contribution in [0.5, 0.6) is 5.75 Å². The van der Waals surface area contributed by atoms with Crippen LogP contribution < -0.4 is 10.1 Å². The maximum Gasteiger partial charge on any atom is 0.258 e. The fraction of sp³-hybridized carbons (Fsp3) is 0.400. The number of rotatable bonds is 5. The van der Waals surface area contributed by atoms with Crippen molar-refractivity contribution in [1.82, 2.24) is 5.32 Å². The number of nitrogens with one attached hydrogen (secondary N) is 1. The number of aliphatic hydroxyl groups excluding tert-OH is 1. The van der Waals surface area contributed by atoms with E-state index in [2.05, 4.69) is 5.32 Å². The molecular weight excluding hydrogens is 278 g/mol. The second-order valence-corrected chi connectivity index (χ2v) is 5.34. The molecule has 1 aliphatic rings. The van der Waals surface area contributed by atoms with Crippen LogP contribution in [0.15, 0.2) is 30.4 Å². The molecule has 0 saturated carbocycles. The molecule has 1 amide bonds. The number of carbonyl (C=O) groups is 1. The number of aryl methyl sites for hydroxylation is 1. The Balaban J connectivity index is 1.78. The minimum atomic E-state index is -0.175. The quantitative estimate of drug-likeness (QED) is 0.818. The minimum Gasteiger partial charge on any atom is -0.484 e. The van der Waals surface area contributed by atoms with E-state index in [0.29, 0.717) is 10.8 Å². The molecule has 0 unspecified atom stereocenters. The minimum absolute atomic E-state index is 0.0183. The number of benzene rings is 1. The van der Waals surface area contributed by atoms with Crippen LogP contribution in [0.3, 0.4) is 0 Å². The molecule has 0 saturated heterocycles. The lowest BCUT2D eigenvalue weighted by atomic mass is 10.1. The monoisotopic (exact) mass is 295 g/mol. The Labute approximate surface area is 123 Å². The molecule has 0 radical (unpaired) electrons. The summed E-state index contributed by atoms with van der Waals surface area (Å²) in [7, 11) is 0. The van der Waals surface area contributed by atoms with Gasteiger partial charge in [0.25, 0.3) is 5.91 Å². The third kappa shape index (κ3) is 3.99. The van der Waals surface area contributed by atoms with E-state index in [1.807, 2.05) is 19.1 Å². The number of aliphatic hydroxyl groups is 1. The molecule has 2 rings (SSSR count). The van der Waals surface area contributed by atoms with Gasteiger partial charge in [-0.3, -0.25) is 4.79 Å². The average Bonchev–Trinajstić information content (AvgIpc) is 2.88. The number of carbonyl (C=O) groups excluding carboxylic acids is 1. The van der Waals surface area contributed by atoms with E-state index in [-0.39, 0.29) is 31.1 Å². The van der Waals surface area contributed by atoms with Gasteiger partial charge in [-0.15, -0.1) is 0 Å². The van der Waals surface area contributed by atoms with Gasteiger partial charge < -0.3 is 15.2 Å². The molecule has 4 nitrogen and oxygen atoms in total. The molecule has 0 heterocycles. The van der Waals surface area contributed by atoms with Gasteiger partial charge in [-0.25, -0.2) is 0 Å². The molecule has 1 aromatic rings. The summed E-state index contributed by atoms with van der Waals surface area (Å²) >= 11 is 5.92. The van der Waals surface area contributed by atoms with Crippen molar-refractivity contribution in [3.63, 3.8) is 0 Å². The lowest BCUT2D eigenvalue weighted by Crippen LogP contribution is -2.36. The molecule has 5 heteroatoms. The van der Waals surface area contributed by atoms with E-state index in [1.165, 1.54) is 0 Å². The summed E-state index contributed by atoms with van der Waals surface area (Å²) < 4.78 is 5.42. The zero-order valence-electron chi connectivity index (χ0n) is 11.3. The van der Waals surface area contributed by atoms with Gasteiger partial charge in [0.05, 0.1) is 0 Å². The van der Waals surface area contributed by atoms with Crippen LogP contribution in [0.2, 0.25) is 5.02 Å². The van der Waals surface area contributed by atoms with Crippen molar-refractivity contribution in [2.24, 2.45) is 5.92 Å². The smallest absolute Gasteiger partial charge is 0.258 e. The molecule has 0 aromatic heterocycles. The van der Waals surface area contributed by atoms with Crippen molar-refractivity contribution >= 4 is 17.5 Å². The summed E-state index contributed by atoms with van der Waals surface area (Å²) in [6.07, 6.45) is 4.57. The van der Waals surface area contributed by atoms with Crippen molar-refractivity contribution < 1.29 is 14.6 Å². The molecule has 108 valence electrons. The topological polar surface area (TPSA) is 58.6 Å². The van der Waals surface area contributed by atoms with Gasteiger partial charge in [-0.05, 0) is 37.1 Å². The normalized spacial score (nSPS) is 20.9. The van der Waals surface area contributed by atoms with Crippen molar-refractivity contribution in [2.45, 2.75) is 19.4 Å². The number of hydrogen-bond acceptors (Lipinski definition) is 3. The van der Waals surface area contributed by atoms with Crippen LogP contribution in [0.1, 0.15) is 12.0 Å². The molecule has 0 spiro atoms. The largest absolute Gasteiger partial charge is 0.484 e. The molecule has 0 aliphatic heterocycles. The highest BCUT2D eigenvalue weighted by Crippen LogP contribution is 2.21. The average molecular weight is 296 g/mol. The zero-order valence-corrected chi connectivity index (χ0v) is 12.1. The van der Waals surface area contributed by atoms with Gasteiger partial charge in [0, 0.05) is 23.6 Å². The zero-order chi connectivity index (χ0) is 14.5. The molecule has 0 fully saturated rings. The molecule has 2 atom stereocenters. The predicted octanol–water partition coefficient (Wildman–Crippen LogP) is 2.08. The summed E-state index contributed by atoms with van der Waals surface area (Å²) in [6, 6.07) is 5.26. The highest BCUT2D eigenvalue weighted by molar-refractivity contribution is 6.31. The van der Waals surface area contributed by atoms with Crippen molar-refractivity contribution in [3.8, 4) is 5.75 Å². The number of ether oxygens (including phenoxy) is 1.